The maximum absolute atomic E-state index is 12.1. The van der Waals surface area contributed by atoms with Crippen molar-refractivity contribution in [2.24, 2.45) is 0 Å². The Kier molecular flexibility index (Phi) is 5.78. The van der Waals surface area contributed by atoms with E-state index in [2.05, 4.69) is 5.32 Å². The average molecular weight is 339 g/mol. The van der Waals surface area contributed by atoms with Gasteiger partial charge in [0.1, 0.15) is 0 Å². The van der Waals surface area contributed by atoms with Crippen molar-refractivity contribution >= 4 is 16.1 Å². The van der Waals surface area contributed by atoms with Crippen molar-refractivity contribution in [3.05, 3.63) is 35.4 Å². The number of rotatable bonds is 5. The lowest BCUT2D eigenvalue weighted by Gasteiger charge is -2.33. The maximum atomic E-state index is 12.1. The predicted molar refractivity (Wildman–Crippen MR) is 90.2 cm³/mol. The first-order valence-corrected chi connectivity index (χ1v) is 9.21. The first kappa shape index (κ1) is 17.9. The molecule has 2 rings (SSSR count). The molecule has 1 aromatic carbocycles. The minimum absolute atomic E-state index is 0.0113. The van der Waals surface area contributed by atoms with Crippen LogP contribution in [0.4, 0.5) is 0 Å². The summed E-state index contributed by atoms with van der Waals surface area (Å²) in [6, 6.07) is 7.95. The van der Waals surface area contributed by atoms with Gasteiger partial charge in [-0.25, -0.2) is 0 Å². The lowest BCUT2D eigenvalue weighted by atomic mass is 10.1. The summed E-state index contributed by atoms with van der Waals surface area (Å²) in [5, 5.41) is 3.01. The third-order valence-corrected chi connectivity index (χ3v) is 6.03. The second kappa shape index (κ2) is 7.42. The van der Waals surface area contributed by atoms with Crippen LogP contribution in [0.3, 0.4) is 0 Å². The van der Waals surface area contributed by atoms with E-state index in [1.807, 2.05) is 31.2 Å². The summed E-state index contributed by atoms with van der Waals surface area (Å²) >= 11 is 0. The minimum Gasteiger partial charge on any atom is -0.353 e. The fourth-order valence-corrected chi connectivity index (χ4v) is 3.77. The normalized spacial score (nSPS) is 17.4. The van der Waals surface area contributed by atoms with Crippen molar-refractivity contribution in [3.63, 3.8) is 0 Å². The van der Waals surface area contributed by atoms with Crippen LogP contribution in [0, 0.1) is 6.92 Å². The number of nitrogens with one attached hydrogen (secondary N) is 1. The largest absolute Gasteiger partial charge is 0.353 e. The summed E-state index contributed by atoms with van der Waals surface area (Å²) in [4.78, 5) is 12.1. The van der Waals surface area contributed by atoms with E-state index in [1.54, 1.807) is 0 Å². The zero-order valence-electron chi connectivity index (χ0n) is 13.9. The number of piperidine rings is 1. The summed E-state index contributed by atoms with van der Waals surface area (Å²) < 4.78 is 26.8. The molecule has 0 atom stereocenters. The van der Waals surface area contributed by atoms with E-state index >= 15 is 0 Å². The zero-order valence-corrected chi connectivity index (χ0v) is 14.8. The molecule has 0 saturated carbocycles. The molecule has 23 heavy (non-hydrogen) atoms. The van der Waals surface area contributed by atoms with Gasteiger partial charge in [-0.05, 0) is 25.3 Å². The molecule has 0 spiro atoms. The van der Waals surface area contributed by atoms with Gasteiger partial charge in [0.2, 0.25) is 5.91 Å². The van der Waals surface area contributed by atoms with Crippen molar-refractivity contribution in [1.29, 1.82) is 0 Å². The number of hydrogen-bond acceptors (Lipinski definition) is 3. The molecule has 0 unspecified atom stereocenters. The van der Waals surface area contributed by atoms with E-state index in [0.717, 1.165) is 5.56 Å². The van der Waals surface area contributed by atoms with Crippen LogP contribution in [0.5, 0.6) is 0 Å². The Morgan fingerprint density at radius 1 is 1.22 bits per heavy atom. The van der Waals surface area contributed by atoms with Crippen molar-refractivity contribution < 1.29 is 13.2 Å². The Balaban J connectivity index is 1.82. The Hall–Kier alpha value is -1.44. The molecule has 1 saturated heterocycles. The van der Waals surface area contributed by atoms with Gasteiger partial charge in [0.05, 0.1) is 6.42 Å². The van der Waals surface area contributed by atoms with Crippen LogP contribution >= 0.6 is 0 Å². The highest BCUT2D eigenvalue weighted by atomic mass is 32.2. The molecular weight excluding hydrogens is 314 g/mol. The summed E-state index contributed by atoms with van der Waals surface area (Å²) in [5.41, 5.74) is 2.16. The topological polar surface area (TPSA) is 69.7 Å². The Bertz CT molecular complexity index is 633. The van der Waals surface area contributed by atoms with Gasteiger partial charge in [-0.3, -0.25) is 4.79 Å². The monoisotopic (exact) mass is 339 g/mol. The standard InChI is InChI=1S/C16H25N3O3S/c1-13-4-6-14(7-5-13)12-16(20)17-15-8-10-19(11-9-15)23(21,22)18(2)3/h4-7,15H,8-12H2,1-3H3,(H,17,20). The van der Waals surface area contributed by atoms with Crippen LogP contribution in [0.25, 0.3) is 0 Å². The van der Waals surface area contributed by atoms with Crippen LogP contribution in [0.1, 0.15) is 24.0 Å². The Labute approximate surface area is 138 Å². The van der Waals surface area contributed by atoms with Crippen LogP contribution in [-0.2, 0) is 21.4 Å². The fraction of sp³-hybridized carbons (Fsp3) is 0.562. The molecular formula is C16H25N3O3S. The fourth-order valence-electron chi connectivity index (χ4n) is 2.63. The molecule has 128 valence electrons. The summed E-state index contributed by atoms with van der Waals surface area (Å²) in [6.07, 6.45) is 1.65. The first-order chi connectivity index (χ1) is 10.8. The summed E-state index contributed by atoms with van der Waals surface area (Å²) in [5.74, 6) is -0.0113. The van der Waals surface area contributed by atoms with Crippen molar-refractivity contribution in [1.82, 2.24) is 13.9 Å². The molecule has 0 radical (unpaired) electrons. The second-order valence-corrected chi connectivity index (χ2v) is 8.34. The number of amides is 1. The molecule has 1 aromatic rings. The van der Waals surface area contributed by atoms with E-state index in [9.17, 15) is 13.2 Å². The highest BCUT2D eigenvalue weighted by Crippen LogP contribution is 2.15. The third kappa shape index (κ3) is 4.76. The number of aryl methyl sites for hydroxylation is 1. The zero-order chi connectivity index (χ0) is 17.0. The molecule has 0 bridgehead atoms. The minimum atomic E-state index is -3.35. The molecule has 0 aliphatic carbocycles. The van der Waals surface area contributed by atoms with Crippen LogP contribution in [0.15, 0.2) is 24.3 Å². The smallest absolute Gasteiger partial charge is 0.281 e. The number of benzene rings is 1. The highest BCUT2D eigenvalue weighted by molar-refractivity contribution is 7.86. The summed E-state index contributed by atoms with van der Waals surface area (Å²) in [6.45, 7) is 2.89. The molecule has 1 fully saturated rings. The Morgan fingerprint density at radius 3 is 2.30 bits per heavy atom. The lowest BCUT2D eigenvalue weighted by Crippen LogP contribution is -2.49. The van der Waals surface area contributed by atoms with E-state index in [4.69, 9.17) is 0 Å². The molecule has 6 nitrogen and oxygen atoms in total. The lowest BCUT2D eigenvalue weighted by molar-refractivity contribution is -0.121. The number of hydrogen-bond donors (Lipinski definition) is 1. The van der Waals surface area contributed by atoms with E-state index in [0.29, 0.717) is 32.4 Å². The van der Waals surface area contributed by atoms with Crippen molar-refractivity contribution in [2.45, 2.75) is 32.2 Å². The van der Waals surface area contributed by atoms with Gasteiger partial charge < -0.3 is 5.32 Å². The van der Waals surface area contributed by atoms with E-state index < -0.39 is 10.2 Å². The van der Waals surface area contributed by atoms with Crippen LogP contribution < -0.4 is 5.32 Å². The van der Waals surface area contributed by atoms with Crippen LogP contribution in [-0.4, -0.2) is 56.2 Å². The highest BCUT2D eigenvalue weighted by Gasteiger charge is 2.29. The molecule has 0 aromatic heterocycles. The quantitative estimate of drug-likeness (QED) is 0.867. The SMILES string of the molecule is Cc1ccc(CC(=O)NC2CCN(S(=O)(=O)N(C)C)CC2)cc1. The van der Waals surface area contributed by atoms with Crippen molar-refractivity contribution in [2.75, 3.05) is 27.2 Å². The Morgan fingerprint density at radius 2 is 1.78 bits per heavy atom. The van der Waals surface area contributed by atoms with Gasteiger partial charge in [0.15, 0.2) is 0 Å². The molecule has 7 heteroatoms. The molecule has 1 aliphatic rings. The molecule has 1 N–H and O–H groups in total. The third-order valence-electron chi connectivity index (χ3n) is 4.09. The van der Waals surface area contributed by atoms with Gasteiger partial charge >= 0.3 is 0 Å². The van der Waals surface area contributed by atoms with Crippen LogP contribution in [0.2, 0.25) is 0 Å². The number of carbonyl (C=O) groups is 1. The van der Waals surface area contributed by atoms with Gasteiger partial charge in [0, 0.05) is 33.2 Å². The molecule has 1 amide bonds. The average Bonchev–Trinajstić information content (AvgIpc) is 2.50. The first-order valence-electron chi connectivity index (χ1n) is 7.81. The second-order valence-electron chi connectivity index (χ2n) is 6.19. The molecule has 1 heterocycles. The van der Waals surface area contributed by atoms with Gasteiger partial charge in [-0.15, -0.1) is 0 Å². The van der Waals surface area contributed by atoms with Gasteiger partial charge in [-0.1, -0.05) is 29.8 Å². The van der Waals surface area contributed by atoms with Gasteiger partial charge in [0.25, 0.3) is 10.2 Å². The van der Waals surface area contributed by atoms with E-state index in [-0.39, 0.29) is 11.9 Å². The van der Waals surface area contributed by atoms with Gasteiger partial charge in [-0.2, -0.15) is 17.0 Å². The maximum Gasteiger partial charge on any atom is 0.281 e. The predicted octanol–water partition coefficient (Wildman–Crippen LogP) is 0.925. The van der Waals surface area contributed by atoms with Crippen molar-refractivity contribution in [3.8, 4) is 0 Å². The molecule has 1 aliphatic heterocycles. The van der Waals surface area contributed by atoms with E-state index in [1.165, 1.54) is 28.3 Å². The summed E-state index contributed by atoms with van der Waals surface area (Å²) in [7, 11) is -0.286. The number of carbonyl (C=O) groups excluding carboxylic acids is 1. The number of nitrogens with zero attached hydrogens (tertiary/aromatic N) is 2.